The zero-order valence-corrected chi connectivity index (χ0v) is 14.7. The average molecular weight is 326 g/mol. The predicted molar refractivity (Wildman–Crippen MR) is 97.5 cm³/mol. The molecule has 0 spiro atoms. The molecule has 1 atom stereocenters. The van der Waals surface area contributed by atoms with Gasteiger partial charge in [0.25, 0.3) is 0 Å². The van der Waals surface area contributed by atoms with Crippen LogP contribution in [0.4, 0.5) is 11.8 Å². The summed E-state index contributed by atoms with van der Waals surface area (Å²) in [4.78, 5) is 11.6. The monoisotopic (exact) mass is 326 g/mol. The first kappa shape index (κ1) is 16.7. The minimum atomic E-state index is 0.0676. The Morgan fingerprint density at radius 1 is 1.25 bits per heavy atom. The molecule has 0 radical (unpaired) electrons. The summed E-state index contributed by atoms with van der Waals surface area (Å²) in [5.41, 5.74) is 3.81. The van der Waals surface area contributed by atoms with Crippen molar-refractivity contribution in [1.82, 2.24) is 9.97 Å². The fourth-order valence-electron chi connectivity index (χ4n) is 3.13. The first-order chi connectivity index (χ1) is 11.6. The van der Waals surface area contributed by atoms with Crippen molar-refractivity contribution >= 4 is 11.8 Å². The first-order valence-corrected chi connectivity index (χ1v) is 8.65. The summed E-state index contributed by atoms with van der Waals surface area (Å²) in [6, 6.07) is 11.1. The summed E-state index contributed by atoms with van der Waals surface area (Å²) in [6.45, 7) is 7.91. The Hall–Kier alpha value is -2.14. The van der Waals surface area contributed by atoms with E-state index < -0.39 is 0 Å². The summed E-state index contributed by atoms with van der Waals surface area (Å²) in [5, 5.41) is 12.2. The Labute approximate surface area is 143 Å². The highest BCUT2D eigenvalue weighted by atomic mass is 16.3. The molecular formula is C19H26N4O. The third-order valence-corrected chi connectivity index (χ3v) is 4.52. The molecule has 2 heterocycles. The fourth-order valence-corrected chi connectivity index (χ4v) is 3.13. The number of anilines is 2. The summed E-state index contributed by atoms with van der Waals surface area (Å²) in [7, 11) is 0. The van der Waals surface area contributed by atoms with E-state index in [1.54, 1.807) is 0 Å². The zero-order valence-electron chi connectivity index (χ0n) is 14.7. The molecule has 0 saturated heterocycles. The van der Waals surface area contributed by atoms with Crippen LogP contribution in [0, 0.1) is 0 Å². The lowest BCUT2D eigenvalue weighted by Crippen LogP contribution is -2.39. The van der Waals surface area contributed by atoms with Gasteiger partial charge in [-0.2, -0.15) is 4.98 Å². The number of aliphatic hydroxyl groups excluding tert-OH is 1. The van der Waals surface area contributed by atoms with Gasteiger partial charge in [-0.05, 0) is 30.4 Å². The fraction of sp³-hybridized carbons (Fsp3) is 0.474. The molecule has 2 N–H and O–H groups in total. The molecule has 5 nitrogen and oxygen atoms in total. The van der Waals surface area contributed by atoms with Crippen LogP contribution < -0.4 is 10.2 Å². The highest BCUT2D eigenvalue weighted by Gasteiger charge is 2.24. The summed E-state index contributed by atoms with van der Waals surface area (Å²) < 4.78 is 0. The van der Waals surface area contributed by atoms with E-state index in [0.717, 1.165) is 24.5 Å². The van der Waals surface area contributed by atoms with E-state index in [4.69, 9.17) is 10.1 Å². The SMILES string of the molecule is CC(C)c1cc(N2Cc3ccccc3C[C@H]2C)nc(NCCO)n1. The lowest BCUT2D eigenvalue weighted by molar-refractivity contribution is 0.310. The van der Waals surface area contributed by atoms with Gasteiger partial charge in [-0.1, -0.05) is 38.1 Å². The normalized spacial score (nSPS) is 17.0. The van der Waals surface area contributed by atoms with Gasteiger partial charge in [0.15, 0.2) is 0 Å². The lowest BCUT2D eigenvalue weighted by atomic mass is 9.95. The van der Waals surface area contributed by atoms with E-state index in [2.05, 4.69) is 66.3 Å². The molecule has 1 aliphatic heterocycles. The summed E-state index contributed by atoms with van der Waals surface area (Å²) in [5.74, 6) is 1.88. The van der Waals surface area contributed by atoms with Gasteiger partial charge in [-0.15, -0.1) is 0 Å². The molecule has 5 heteroatoms. The first-order valence-electron chi connectivity index (χ1n) is 8.65. The Morgan fingerprint density at radius 3 is 2.71 bits per heavy atom. The van der Waals surface area contributed by atoms with E-state index in [1.165, 1.54) is 11.1 Å². The molecule has 1 aromatic carbocycles. The largest absolute Gasteiger partial charge is 0.395 e. The molecule has 0 unspecified atom stereocenters. The Balaban J connectivity index is 1.94. The quantitative estimate of drug-likeness (QED) is 0.884. The molecule has 0 aliphatic carbocycles. The maximum atomic E-state index is 9.05. The number of hydrogen-bond donors (Lipinski definition) is 2. The highest BCUT2D eigenvalue weighted by molar-refractivity contribution is 5.49. The summed E-state index contributed by atoms with van der Waals surface area (Å²) >= 11 is 0. The van der Waals surface area contributed by atoms with Crippen LogP contribution in [0.5, 0.6) is 0 Å². The molecule has 2 aromatic rings. The van der Waals surface area contributed by atoms with Crippen LogP contribution in [0.25, 0.3) is 0 Å². The van der Waals surface area contributed by atoms with Gasteiger partial charge in [0.1, 0.15) is 5.82 Å². The number of hydrogen-bond acceptors (Lipinski definition) is 5. The van der Waals surface area contributed by atoms with E-state index >= 15 is 0 Å². The van der Waals surface area contributed by atoms with E-state index in [9.17, 15) is 0 Å². The molecule has 0 saturated carbocycles. The zero-order chi connectivity index (χ0) is 17.1. The highest BCUT2D eigenvalue weighted by Crippen LogP contribution is 2.29. The number of aromatic nitrogens is 2. The average Bonchev–Trinajstić information content (AvgIpc) is 2.59. The molecule has 128 valence electrons. The minimum Gasteiger partial charge on any atom is -0.395 e. The van der Waals surface area contributed by atoms with Crippen molar-refractivity contribution in [2.24, 2.45) is 0 Å². The van der Waals surface area contributed by atoms with Gasteiger partial charge in [-0.3, -0.25) is 0 Å². The van der Waals surface area contributed by atoms with E-state index in [-0.39, 0.29) is 6.61 Å². The third kappa shape index (κ3) is 3.51. The Kier molecular flexibility index (Phi) is 5.00. The van der Waals surface area contributed by atoms with Crippen LogP contribution in [0.1, 0.15) is 43.5 Å². The number of fused-ring (bicyclic) bond motifs is 1. The number of nitrogens with one attached hydrogen (secondary N) is 1. The lowest BCUT2D eigenvalue weighted by Gasteiger charge is -2.36. The second-order valence-corrected chi connectivity index (χ2v) is 6.73. The smallest absolute Gasteiger partial charge is 0.224 e. The second kappa shape index (κ2) is 7.18. The van der Waals surface area contributed by atoms with Crippen molar-refractivity contribution in [3.8, 4) is 0 Å². The standard InChI is InChI=1S/C19H26N4O/c1-13(2)17-11-18(22-19(21-17)20-8-9-24)23-12-16-7-5-4-6-15(16)10-14(23)3/h4-7,11,13-14,24H,8-10,12H2,1-3H3,(H,20,21,22)/t14-/m1/s1. The van der Waals surface area contributed by atoms with Crippen molar-refractivity contribution < 1.29 is 5.11 Å². The molecule has 24 heavy (non-hydrogen) atoms. The maximum Gasteiger partial charge on any atom is 0.224 e. The molecule has 0 amide bonds. The van der Waals surface area contributed by atoms with Crippen molar-refractivity contribution in [2.45, 2.75) is 45.7 Å². The maximum absolute atomic E-state index is 9.05. The topological polar surface area (TPSA) is 61.3 Å². The second-order valence-electron chi connectivity index (χ2n) is 6.73. The van der Waals surface area contributed by atoms with Gasteiger partial charge in [-0.25, -0.2) is 4.98 Å². The molecule has 0 fully saturated rings. The molecular weight excluding hydrogens is 300 g/mol. The van der Waals surface area contributed by atoms with Crippen LogP contribution >= 0.6 is 0 Å². The summed E-state index contributed by atoms with van der Waals surface area (Å²) in [6.07, 6.45) is 1.02. The van der Waals surface area contributed by atoms with Gasteiger partial charge in [0, 0.05) is 25.2 Å². The molecule has 1 aliphatic rings. The van der Waals surface area contributed by atoms with Crippen LogP contribution in [-0.2, 0) is 13.0 Å². The molecule has 1 aromatic heterocycles. The molecule has 3 rings (SSSR count). The van der Waals surface area contributed by atoms with Crippen LogP contribution in [-0.4, -0.2) is 34.3 Å². The molecule has 0 bridgehead atoms. The van der Waals surface area contributed by atoms with Gasteiger partial charge in [0.2, 0.25) is 5.95 Å². The van der Waals surface area contributed by atoms with Crippen molar-refractivity contribution in [3.05, 3.63) is 47.2 Å². The number of aliphatic hydroxyl groups is 1. The van der Waals surface area contributed by atoms with Crippen molar-refractivity contribution in [2.75, 3.05) is 23.4 Å². The van der Waals surface area contributed by atoms with E-state index in [0.29, 0.717) is 24.5 Å². The van der Waals surface area contributed by atoms with Crippen LogP contribution in [0.2, 0.25) is 0 Å². The minimum absolute atomic E-state index is 0.0676. The Morgan fingerprint density at radius 2 is 2.00 bits per heavy atom. The van der Waals surface area contributed by atoms with Gasteiger partial charge in [0.05, 0.1) is 12.3 Å². The van der Waals surface area contributed by atoms with Crippen molar-refractivity contribution in [3.63, 3.8) is 0 Å². The predicted octanol–water partition coefficient (Wildman–Crippen LogP) is 2.96. The number of rotatable bonds is 5. The van der Waals surface area contributed by atoms with Gasteiger partial charge < -0.3 is 15.3 Å². The Bertz CT molecular complexity index is 702. The van der Waals surface area contributed by atoms with Crippen LogP contribution in [0.15, 0.2) is 30.3 Å². The van der Waals surface area contributed by atoms with Crippen LogP contribution in [0.3, 0.4) is 0 Å². The number of nitrogens with zero attached hydrogens (tertiary/aromatic N) is 3. The number of benzene rings is 1. The van der Waals surface area contributed by atoms with E-state index in [1.807, 2.05) is 0 Å². The van der Waals surface area contributed by atoms with Gasteiger partial charge >= 0.3 is 0 Å². The van der Waals surface area contributed by atoms with Crippen molar-refractivity contribution in [1.29, 1.82) is 0 Å². The third-order valence-electron chi connectivity index (χ3n) is 4.52.